The van der Waals surface area contributed by atoms with Gasteiger partial charge in [-0.05, 0) is 22.9 Å². The number of fused-ring (bicyclic) bond motifs is 2. The third-order valence-electron chi connectivity index (χ3n) is 2.28. The maximum absolute atomic E-state index is 11.5. The van der Waals surface area contributed by atoms with Crippen LogP contribution in [0.3, 0.4) is 0 Å². The van der Waals surface area contributed by atoms with E-state index in [1.54, 1.807) is 5.38 Å². The SMILES string of the molecule is [O-][s+]1ccc2cc3ccccc3nc21. The van der Waals surface area contributed by atoms with Crippen molar-refractivity contribution in [3.63, 3.8) is 0 Å². The molecular formula is C11H7NOS. The minimum Gasteiger partial charge on any atom is -0.589 e. The van der Waals surface area contributed by atoms with Crippen molar-refractivity contribution < 1.29 is 4.55 Å². The Morgan fingerprint density at radius 1 is 1.07 bits per heavy atom. The number of rotatable bonds is 0. The first-order valence-electron chi connectivity index (χ1n) is 4.33. The van der Waals surface area contributed by atoms with Crippen LogP contribution in [0.2, 0.25) is 0 Å². The molecule has 0 radical (unpaired) electrons. The van der Waals surface area contributed by atoms with E-state index < -0.39 is 10.8 Å². The van der Waals surface area contributed by atoms with Crippen LogP contribution in [0.1, 0.15) is 0 Å². The molecule has 0 bridgehead atoms. The Labute approximate surface area is 83.6 Å². The van der Waals surface area contributed by atoms with E-state index in [2.05, 4.69) is 4.98 Å². The van der Waals surface area contributed by atoms with Crippen LogP contribution < -0.4 is 0 Å². The highest BCUT2D eigenvalue weighted by atomic mass is 32.2. The van der Waals surface area contributed by atoms with Gasteiger partial charge in [-0.2, -0.15) is 4.98 Å². The van der Waals surface area contributed by atoms with E-state index in [1.807, 2.05) is 36.4 Å². The van der Waals surface area contributed by atoms with Crippen molar-refractivity contribution >= 4 is 31.9 Å². The molecule has 0 amide bonds. The van der Waals surface area contributed by atoms with E-state index >= 15 is 0 Å². The van der Waals surface area contributed by atoms with Crippen LogP contribution >= 0.6 is 10.8 Å². The van der Waals surface area contributed by atoms with Gasteiger partial charge < -0.3 is 4.55 Å². The Bertz CT molecular complexity index is 615. The normalized spacial score (nSPS) is 12.5. The molecule has 0 saturated carbocycles. The van der Waals surface area contributed by atoms with E-state index in [0.29, 0.717) is 4.83 Å². The van der Waals surface area contributed by atoms with Crippen molar-refractivity contribution in [2.75, 3.05) is 0 Å². The average molecular weight is 201 g/mol. The van der Waals surface area contributed by atoms with Crippen molar-refractivity contribution in [1.82, 2.24) is 4.98 Å². The summed E-state index contributed by atoms with van der Waals surface area (Å²) in [5, 5.41) is 3.74. The fourth-order valence-corrected chi connectivity index (χ4v) is 2.54. The minimum absolute atomic E-state index is 0.684. The van der Waals surface area contributed by atoms with Crippen LogP contribution in [0, 0.1) is 0 Å². The Hall–Kier alpha value is -1.45. The van der Waals surface area contributed by atoms with Crippen molar-refractivity contribution in [3.8, 4) is 0 Å². The topological polar surface area (TPSA) is 36.0 Å². The molecule has 0 fully saturated rings. The number of para-hydroxylation sites is 1. The van der Waals surface area contributed by atoms with E-state index in [9.17, 15) is 4.55 Å². The van der Waals surface area contributed by atoms with Crippen molar-refractivity contribution in [1.29, 1.82) is 0 Å². The third kappa shape index (κ3) is 1.03. The molecule has 3 aromatic rings. The van der Waals surface area contributed by atoms with Crippen LogP contribution in [-0.4, -0.2) is 9.54 Å². The quantitative estimate of drug-likeness (QED) is 0.524. The molecule has 0 N–H and O–H groups in total. The highest BCUT2D eigenvalue weighted by Crippen LogP contribution is 2.28. The molecule has 0 aliphatic heterocycles. The summed E-state index contributed by atoms with van der Waals surface area (Å²) < 4.78 is 11.5. The number of nitrogens with zero attached hydrogens (tertiary/aromatic N) is 1. The molecule has 0 aliphatic rings. The summed E-state index contributed by atoms with van der Waals surface area (Å²) in [6, 6.07) is 11.8. The zero-order valence-electron chi connectivity index (χ0n) is 7.31. The Balaban J connectivity index is 2.54. The lowest BCUT2D eigenvalue weighted by Crippen LogP contribution is -1.77. The number of pyridine rings is 1. The number of hydrogen-bond donors (Lipinski definition) is 0. The summed E-state index contributed by atoms with van der Waals surface area (Å²) in [7, 11) is -1.05. The molecule has 1 atom stereocenters. The summed E-state index contributed by atoms with van der Waals surface area (Å²) in [5.74, 6) is 0. The molecule has 2 heterocycles. The smallest absolute Gasteiger partial charge is 0.273 e. The Morgan fingerprint density at radius 3 is 2.86 bits per heavy atom. The van der Waals surface area contributed by atoms with Crippen LogP contribution in [0.15, 0.2) is 41.8 Å². The lowest BCUT2D eigenvalue weighted by Gasteiger charge is -1.95. The first kappa shape index (κ1) is 7.91. The monoisotopic (exact) mass is 201 g/mol. The number of aromatic nitrogens is 1. The van der Waals surface area contributed by atoms with Gasteiger partial charge in [-0.1, -0.05) is 18.2 Å². The van der Waals surface area contributed by atoms with Gasteiger partial charge in [0.1, 0.15) is 5.38 Å². The zero-order valence-corrected chi connectivity index (χ0v) is 8.12. The molecule has 2 aromatic heterocycles. The van der Waals surface area contributed by atoms with Gasteiger partial charge in [-0.3, -0.25) is 0 Å². The summed E-state index contributed by atoms with van der Waals surface area (Å²) in [6.45, 7) is 0. The lowest BCUT2D eigenvalue weighted by molar-refractivity contribution is 0.599. The van der Waals surface area contributed by atoms with Gasteiger partial charge in [0.25, 0.3) is 4.83 Å². The molecule has 1 unspecified atom stereocenters. The summed E-state index contributed by atoms with van der Waals surface area (Å²) in [4.78, 5) is 5.06. The number of hydrogen-bond acceptors (Lipinski definition) is 2. The summed E-state index contributed by atoms with van der Waals surface area (Å²) >= 11 is 0. The van der Waals surface area contributed by atoms with Gasteiger partial charge in [0.2, 0.25) is 0 Å². The molecular weight excluding hydrogens is 194 g/mol. The third-order valence-corrected chi connectivity index (χ3v) is 3.37. The maximum atomic E-state index is 11.5. The Morgan fingerprint density at radius 2 is 1.93 bits per heavy atom. The van der Waals surface area contributed by atoms with Gasteiger partial charge in [0, 0.05) is 11.5 Å². The molecule has 68 valence electrons. The largest absolute Gasteiger partial charge is 0.589 e. The average Bonchev–Trinajstić information content (AvgIpc) is 2.57. The van der Waals surface area contributed by atoms with Crippen LogP contribution in [0.5, 0.6) is 0 Å². The van der Waals surface area contributed by atoms with E-state index in [1.165, 1.54) is 0 Å². The second-order valence-electron chi connectivity index (χ2n) is 3.18. The molecule has 0 spiro atoms. The Kier molecular flexibility index (Phi) is 1.56. The number of benzene rings is 1. The van der Waals surface area contributed by atoms with Gasteiger partial charge in [0.15, 0.2) is 0 Å². The predicted octanol–water partition coefficient (Wildman–Crippen LogP) is 3.12. The van der Waals surface area contributed by atoms with Gasteiger partial charge in [-0.15, -0.1) is 0 Å². The predicted molar refractivity (Wildman–Crippen MR) is 57.9 cm³/mol. The van der Waals surface area contributed by atoms with Gasteiger partial charge in [0.05, 0.1) is 10.9 Å². The number of thiophene rings is 1. The second kappa shape index (κ2) is 2.77. The van der Waals surface area contributed by atoms with Crippen LogP contribution in [0.4, 0.5) is 0 Å². The van der Waals surface area contributed by atoms with Crippen LogP contribution in [0.25, 0.3) is 21.1 Å². The van der Waals surface area contributed by atoms with Crippen LogP contribution in [-0.2, 0) is 0 Å². The molecule has 0 saturated heterocycles. The molecule has 14 heavy (non-hydrogen) atoms. The highest BCUT2D eigenvalue weighted by Gasteiger charge is 2.07. The molecule has 3 rings (SSSR count). The van der Waals surface area contributed by atoms with Crippen molar-refractivity contribution in [2.24, 2.45) is 0 Å². The molecule has 1 aromatic carbocycles. The van der Waals surface area contributed by atoms with Gasteiger partial charge >= 0.3 is 0 Å². The fourth-order valence-electron chi connectivity index (χ4n) is 1.59. The lowest BCUT2D eigenvalue weighted by atomic mass is 10.2. The zero-order chi connectivity index (χ0) is 9.54. The molecule has 0 aliphatic carbocycles. The standard InChI is InChI=1S/C11H7NOS/c13-14-6-5-9-7-8-3-1-2-4-10(8)12-11(9)14/h1-7H. The minimum atomic E-state index is -1.05. The first-order valence-corrected chi connectivity index (χ1v) is 5.54. The summed E-state index contributed by atoms with van der Waals surface area (Å²) in [6.07, 6.45) is 0. The van der Waals surface area contributed by atoms with E-state index in [-0.39, 0.29) is 0 Å². The summed E-state index contributed by atoms with van der Waals surface area (Å²) in [5.41, 5.74) is 0.906. The van der Waals surface area contributed by atoms with Crippen molar-refractivity contribution in [2.45, 2.75) is 0 Å². The van der Waals surface area contributed by atoms with Gasteiger partial charge in [-0.25, -0.2) is 0 Å². The van der Waals surface area contributed by atoms with Crippen molar-refractivity contribution in [3.05, 3.63) is 41.8 Å². The van der Waals surface area contributed by atoms with E-state index in [0.717, 1.165) is 16.3 Å². The van der Waals surface area contributed by atoms with E-state index in [4.69, 9.17) is 0 Å². The second-order valence-corrected chi connectivity index (χ2v) is 4.43. The highest BCUT2D eigenvalue weighted by molar-refractivity contribution is 7.29. The molecule has 3 heteroatoms. The first-order chi connectivity index (χ1) is 6.84. The maximum Gasteiger partial charge on any atom is 0.273 e. The molecule has 2 nitrogen and oxygen atoms in total. The fraction of sp³-hybridized carbons (Fsp3) is 0.